The van der Waals surface area contributed by atoms with Gasteiger partial charge in [0, 0.05) is 13.1 Å². The Morgan fingerprint density at radius 3 is 2.29 bits per heavy atom. The summed E-state index contributed by atoms with van der Waals surface area (Å²) in [5.74, 6) is 1.54. The summed E-state index contributed by atoms with van der Waals surface area (Å²) in [6, 6.07) is 7.82. The van der Waals surface area contributed by atoms with Crippen molar-refractivity contribution in [3.8, 4) is 5.75 Å². The van der Waals surface area contributed by atoms with Crippen molar-refractivity contribution in [2.24, 2.45) is 5.92 Å². The van der Waals surface area contributed by atoms with Gasteiger partial charge in [-0.15, -0.1) is 0 Å². The number of aliphatic hydroxyl groups excluding tert-OH is 1. The second-order valence-corrected chi connectivity index (χ2v) is 5.80. The van der Waals surface area contributed by atoms with Crippen LogP contribution in [0.5, 0.6) is 5.75 Å². The maximum Gasteiger partial charge on any atom is 0.119 e. The molecule has 0 aliphatic heterocycles. The second-order valence-electron chi connectivity index (χ2n) is 5.80. The first-order chi connectivity index (χ1) is 10.1. The summed E-state index contributed by atoms with van der Waals surface area (Å²) in [5, 5.41) is 10.4. The van der Waals surface area contributed by atoms with Crippen molar-refractivity contribution >= 4 is 0 Å². The van der Waals surface area contributed by atoms with Gasteiger partial charge in [0.05, 0.1) is 12.7 Å². The lowest BCUT2D eigenvalue weighted by molar-refractivity contribution is 0.107. The number of aliphatic hydroxyl groups is 1. The minimum absolute atomic E-state index is 0.436. The van der Waals surface area contributed by atoms with Crippen LogP contribution < -0.4 is 4.74 Å². The molecule has 1 aromatic carbocycles. The minimum Gasteiger partial charge on any atom is -0.494 e. The van der Waals surface area contributed by atoms with E-state index in [-0.39, 0.29) is 0 Å². The minimum atomic E-state index is -0.436. The molecule has 3 nitrogen and oxygen atoms in total. The van der Waals surface area contributed by atoms with Crippen LogP contribution in [-0.2, 0) is 0 Å². The number of likely N-dealkylation sites (N-methyl/N-ethyl adjacent to an activating group) is 1. The Kier molecular flexibility index (Phi) is 8.40. The average molecular weight is 293 g/mol. The van der Waals surface area contributed by atoms with Gasteiger partial charge in [0.25, 0.3) is 0 Å². The number of hydrogen-bond donors (Lipinski definition) is 1. The average Bonchev–Trinajstić information content (AvgIpc) is 2.52. The Bertz CT molecular complexity index is 377. The number of ether oxygens (including phenoxy) is 1. The number of hydrogen-bond acceptors (Lipinski definition) is 3. The van der Waals surface area contributed by atoms with Gasteiger partial charge in [-0.05, 0) is 36.6 Å². The standard InChI is InChI=1S/C18H31NO2/c1-5-12-21-17-10-8-16(9-11-17)18(20)14-19(7-3)13-15(4)6-2/h8-11,15,18,20H,5-7,12-14H2,1-4H3. The van der Waals surface area contributed by atoms with Gasteiger partial charge in [0.2, 0.25) is 0 Å². The third-order valence-electron chi connectivity index (χ3n) is 3.88. The Hall–Kier alpha value is -1.06. The van der Waals surface area contributed by atoms with Crippen molar-refractivity contribution in [1.29, 1.82) is 0 Å². The topological polar surface area (TPSA) is 32.7 Å². The van der Waals surface area contributed by atoms with E-state index in [1.54, 1.807) is 0 Å². The van der Waals surface area contributed by atoms with Crippen LogP contribution in [-0.4, -0.2) is 36.2 Å². The molecule has 21 heavy (non-hydrogen) atoms. The van der Waals surface area contributed by atoms with Gasteiger partial charge < -0.3 is 14.7 Å². The molecule has 120 valence electrons. The largest absolute Gasteiger partial charge is 0.494 e. The Morgan fingerprint density at radius 2 is 1.76 bits per heavy atom. The summed E-state index contributed by atoms with van der Waals surface area (Å²) in [5.41, 5.74) is 0.960. The molecule has 1 aromatic rings. The SMILES string of the molecule is CCCOc1ccc(C(O)CN(CC)CC(C)CC)cc1. The molecule has 0 radical (unpaired) electrons. The number of nitrogens with zero attached hydrogens (tertiary/aromatic N) is 1. The third-order valence-corrected chi connectivity index (χ3v) is 3.88. The molecule has 0 saturated carbocycles. The molecule has 0 fully saturated rings. The zero-order chi connectivity index (χ0) is 15.7. The molecule has 0 aromatic heterocycles. The first kappa shape index (κ1) is 18.0. The molecule has 0 saturated heterocycles. The van der Waals surface area contributed by atoms with Crippen molar-refractivity contribution in [1.82, 2.24) is 4.90 Å². The summed E-state index contributed by atoms with van der Waals surface area (Å²) in [4.78, 5) is 2.32. The van der Waals surface area contributed by atoms with E-state index in [0.29, 0.717) is 12.5 Å². The smallest absolute Gasteiger partial charge is 0.119 e. The fraction of sp³-hybridized carbons (Fsp3) is 0.667. The third kappa shape index (κ3) is 6.49. The fourth-order valence-corrected chi connectivity index (χ4v) is 2.26. The van der Waals surface area contributed by atoms with Gasteiger partial charge in [-0.25, -0.2) is 0 Å². The van der Waals surface area contributed by atoms with E-state index in [9.17, 15) is 5.11 Å². The Balaban J connectivity index is 2.55. The zero-order valence-electron chi connectivity index (χ0n) is 14.0. The monoisotopic (exact) mass is 293 g/mol. The lowest BCUT2D eigenvalue weighted by Crippen LogP contribution is -2.32. The van der Waals surface area contributed by atoms with Crippen molar-refractivity contribution in [3.63, 3.8) is 0 Å². The predicted octanol–water partition coefficient (Wildman–Crippen LogP) is 3.88. The summed E-state index contributed by atoms with van der Waals surface area (Å²) < 4.78 is 5.57. The lowest BCUT2D eigenvalue weighted by atomic mass is 10.1. The highest BCUT2D eigenvalue weighted by molar-refractivity contribution is 5.28. The van der Waals surface area contributed by atoms with Crippen molar-refractivity contribution in [2.45, 2.75) is 46.6 Å². The van der Waals surface area contributed by atoms with Gasteiger partial charge >= 0.3 is 0 Å². The highest BCUT2D eigenvalue weighted by Crippen LogP contribution is 2.19. The molecule has 0 aliphatic rings. The molecule has 0 heterocycles. The molecule has 3 heteroatoms. The highest BCUT2D eigenvalue weighted by Gasteiger charge is 2.14. The van der Waals surface area contributed by atoms with E-state index in [1.807, 2.05) is 24.3 Å². The highest BCUT2D eigenvalue weighted by atomic mass is 16.5. The van der Waals surface area contributed by atoms with Crippen LogP contribution >= 0.6 is 0 Å². The molecule has 1 rings (SSSR count). The van der Waals surface area contributed by atoms with Crippen LogP contribution in [0.25, 0.3) is 0 Å². The normalized spacial score (nSPS) is 14.2. The van der Waals surface area contributed by atoms with Crippen LogP contribution in [0.2, 0.25) is 0 Å². The molecule has 1 N–H and O–H groups in total. The molecular formula is C18H31NO2. The number of benzene rings is 1. The van der Waals surface area contributed by atoms with E-state index in [2.05, 4.69) is 32.6 Å². The molecule has 2 unspecified atom stereocenters. The zero-order valence-corrected chi connectivity index (χ0v) is 14.0. The van der Waals surface area contributed by atoms with E-state index in [1.165, 1.54) is 6.42 Å². The van der Waals surface area contributed by atoms with Crippen molar-refractivity contribution in [2.75, 3.05) is 26.2 Å². The van der Waals surface area contributed by atoms with E-state index in [0.717, 1.165) is 37.4 Å². The lowest BCUT2D eigenvalue weighted by Gasteiger charge is -2.26. The molecular weight excluding hydrogens is 262 g/mol. The Labute approximate surface area is 129 Å². The van der Waals surface area contributed by atoms with Crippen LogP contribution in [0, 0.1) is 5.92 Å². The quantitative estimate of drug-likeness (QED) is 0.710. The van der Waals surface area contributed by atoms with Gasteiger partial charge in [0.1, 0.15) is 5.75 Å². The Morgan fingerprint density at radius 1 is 1.10 bits per heavy atom. The molecule has 0 aliphatic carbocycles. The van der Waals surface area contributed by atoms with Gasteiger partial charge in [0.15, 0.2) is 0 Å². The van der Waals surface area contributed by atoms with Crippen LogP contribution in [0.4, 0.5) is 0 Å². The van der Waals surface area contributed by atoms with Crippen molar-refractivity contribution in [3.05, 3.63) is 29.8 Å². The van der Waals surface area contributed by atoms with Crippen LogP contribution in [0.3, 0.4) is 0 Å². The summed E-state index contributed by atoms with van der Waals surface area (Å²) in [6.45, 7) is 12.2. The second kappa shape index (κ2) is 9.80. The first-order valence-corrected chi connectivity index (χ1v) is 8.23. The first-order valence-electron chi connectivity index (χ1n) is 8.23. The summed E-state index contributed by atoms with van der Waals surface area (Å²) in [6.07, 6.45) is 1.75. The maximum absolute atomic E-state index is 10.4. The van der Waals surface area contributed by atoms with Gasteiger partial charge in [-0.1, -0.05) is 46.2 Å². The predicted molar refractivity (Wildman–Crippen MR) is 88.8 cm³/mol. The van der Waals surface area contributed by atoms with E-state index in [4.69, 9.17) is 4.74 Å². The van der Waals surface area contributed by atoms with Crippen LogP contribution in [0.15, 0.2) is 24.3 Å². The molecule has 2 atom stereocenters. The van der Waals surface area contributed by atoms with E-state index < -0.39 is 6.10 Å². The summed E-state index contributed by atoms with van der Waals surface area (Å²) >= 11 is 0. The molecule has 0 bridgehead atoms. The fourth-order valence-electron chi connectivity index (χ4n) is 2.26. The van der Waals surface area contributed by atoms with Gasteiger partial charge in [-0.2, -0.15) is 0 Å². The molecule has 0 amide bonds. The maximum atomic E-state index is 10.4. The van der Waals surface area contributed by atoms with Gasteiger partial charge in [-0.3, -0.25) is 0 Å². The number of rotatable bonds is 10. The molecule has 0 spiro atoms. The van der Waals surface area contributed by atoms with Crippen LogP contribution in [0.1, 0.15) is 52.2 Å². The van der Waals surface area contributed by atoms with E-state index >= 15 is 0 Å². The van der Waals surface area contributed by atoms with Crippen molar-refractivity contribution < 1.29 is 9.84 Å². The summed E-state index contributed by atoms with van der Waals surface area (Å²) in [7, 11) is 0.